The number of ether oxygens (including phenoxy) is 3. The average molecular weight is 479 g/mol. The van der Waals surface area contributed by atoms with Gasteiger partial charge >= 0.3 is 5.97 Å². The van der Waals surface area contributed by atoms with Crippen molar-refractivity contribution < 1.29 is 28.9 Å². The predicted octanol–water partition coefficient (Wildman–Crippen LogP) is 2.43. The molecule has 1 aromatic heterocycles. The molecule has 9 heteroatoms. The standard InChI is InChI=1S/C26H26N2O7/c1-33-26(32)20-14-28-25(31)23(24(20)30)19(13-22(27)29)16-3-5-18(6-4-16)34-10-8-15-2-7-21-17(12-15)9-11-35-21/h2-7,12,14,19H,8-11,13H2,1H3,(H2,27,29)(H2,28,30,31)/t19-/m1/s1. The highest BCUT2D eigenvalue weighted by atomic mass is 16.5. The van der Waals surface area contributed by atoms with Crippen LogP contribution in [0, 0.1) is 0 Å². The molecule has 3 aromatic rings. The molecular formula is C26H26N2O7. The van der Waals surface area contributed by atoms with Crippen LogP contribution >= 0.6 is 0 Å². The Morgan fingerprint density at radius 1 is 1.20 bits per heavy atom. The second-order valence-corrected chi connectivity index (χ2v) is 8.22. The highest BCUT2D eigenvalue weighted by molar-refractivity contribution is 5.92. The third-order valence-electron chi connectivity index (χ3n) is 5.96. The number of aromatic nitrogens is 1. The maximum atomic E-state index is 12.6. The molecular weight excluding hydrogens is 452 g/mol. The molecule has 0 saturated carbocycles. The lowest BCUT2D eigenvalue weighted by molar-refractivity contribution is -0.118. The number of amides is 1. The van der Waals surface area contributed by atoms with E-state index in [1.807, 2.05) is 12.1 Å². The van der Waals surface area contributed by atoms with Gasteiger partial charge in [-0.1, -0.05) is 24.3 Å². The molecule has 35 heavy (non-hydrogen) atoms. The zero-order valence-electron chi connectivity index (χ0n) is 19.2. The van der Waals surface area contributed by atoms with Crippen molar-refractivity contribution in [1.82, 2.24) is 4.98 Å². The van der Waals surface area contributed by atoms with E-state index in [2.05, 4.69) is 15.8 Å². The summed E-state index contributed by atoms with van der Waals surface area (Å²) in [6, 6.07) is 13.0. The summed E-state index contributed by atoms with van der Waals surface area (Å²) in [5.74, 6) is -1.36. The first-order chi connectivity index (χ1) is 16.9. The fraction of sp³-hybridized carbons (Fsp3) is 0.269. The fourth-order valence-electron chi connectivity index (χ4n) is 4.19. The second-order valence-electron chi connectivity index (χ2n) is 8.22. The number of primary amides is 1. The number of aromatic amines is 1. The molecule has 1 aliphatic rings. The summed E-state index contributed by atoms with van der Waals surface area (Å²) >= 11 is 0. The number of fused-ring (bicyclic) bond motifs is 1. The molecule has 0 spiro atoms. The Morgan fingerprint density at radius 3 is 2.69 bits per heavy atom. The highest BCUT2D eigenvalue weighted by Gasteiger charge is 2.27. The average Bonchev–Trinajstić information content (AvgIpc) is 3.31. The third-order valence-corrected chi connectivity index (χ3v) is 5.96. The van der Waals surface area contributed by atoms with Crippen LogP contribution in [0.15, 0.2) is 53.5 Å². The molecule has 2 heterocycles. The van der Waals surface area contributed by atoms with Crippen molar-refractivity contribution >= 4 is 11.9 Å². The molecule has 182 valence electrons. The van der Waals surface area contributed by atoms with Gasteiger partial charge in [-0.15, -0.1) is 0 Å². The molecule has 0 radical (unpaired) electrons. The van der Waals surface area contributed by atoms with Crippen molar-refractivity contribution in [1.29, 1.82) is 0 Å². The van der Waals surface area contributed by atoms with Gasteiger partial charge < -0.3 is 30.0 Å². The van der Waals surface area contributed by atoms with Crippen molar-refractivity contribution in [3.63, 3.8) is 0 Å². The Balaban J connectivity index is 1.51. The summed E-state index contributed by atoms with van der Waals surface area (Å²) < 4.78 is 16.0. The Bertz CT molecular complexity index is 1300. The van der Waals surface area contributed by atoms with Gasteiger partial charge in [-0.2, -0.15) is 0 Å². The zero-order chi connectivity index (χ0) is 24.9. The maximum Gasteiger partial charge on any atom is 0.343 e. The topological polar surface area (TPSA) is 141 Å². The fourth-order valence-corrected chi connectivity index (χ4v) is 4.19. The van der Waals surface area contributed by atoms with Gasteiger partial charge in [0.2, 0.25) is 5.91 Å². The van der Waals surface area contributed by atoms with E-state index in [-0.39, 0.29) is 17.5 Å². The monoisotopic (exact) mass is 478 g/mol. The van der Waals surface area contributed by atoms with E-state index in [0.29, 0.717) is 17.9 Å². The molecule has 0 fully saturated rings. The first kappa shape index (κ1) is 23.9. The first-order valence-corrected chi connectivity index (χ1v) is 11.2. The van der Waals surface area contributed by atoms with Gasteiger partial charge in [-0.3, -0.25) is 9.59 Å². The van der Waals surface area contributed by atoms with Crippen LogP contribution in [0.25, 0.3) is 0 Å². The van der Waals surface area contributed by atoms with Crippen LogP contribution in [-0.4, -0.2) is 42.3 Å². The van der Waals surface area contributed by atoms with Gasteiger partial charge in [0.15, 0.2) is 0 Å². The molecule has 1 aliphatic heterocycles. The summed E-state index contributed by atoms with van der Waals surface area (Å²) in [6.45, 7) is 1.18. The van der Waals surface area contributed by atoms with Crippen molar-refractivity contribution in [2.24, 2.45) is 5.73 Å². The van der Waals surface area contributed by atoms with Crippen LogP contribution < -0.4 is 20.8 Å². The van der Waals surface area contributed by atoms with E-state index >= 15 is 0 Å². The number of benzene rings is 2. The molecule has 0 saturated heterocycles. The molecule has 4 rings (SSSR count). The highest BCUT2D eigenvalue weighted by Crippen LogP contribution is 2.34. The number of carbonyl (C=O) groups excluding carboxylic acids is 2. The lowest BCUT2D eigenvalue weighted by atomic mass is 9.87. The van der Waals surface area contributed by atoms with Crippen molar-refractivity contribution in [3.8, 4) is 17.2 Å². The molecule has 1 atom stereocenters. The molecule has 0 aliphatic carbocycles. The minimum atomic E-state index is -0.872. The quantitative estimate of drug-likeness (QED) is 0.401. The normalized spacial score (nSPS) is 12.9. The van der Waals surface area contributed by atoms with Gasteiger partial charge in [0.25, 0.3) is 5.56 Å². The van der Waals surface area contributed by atoms with Crippen molar-refractivity contribution in [2.45, 2.75) is 25.2 Å². The van der Waals surface area contributed by atoms with E-state index in [1.54, 1.807) is 24.3 Å². The van der Waals surface area contributed by atoms with Crippen LogP contribution in [0.1, 0.15) is 45.0 Å². The SMILES string of the molecule is COC(=O)c1c[nH]c(=O)c([C@H](CC(N)=O)c2ccc(OCCc3ccc4c(c3)CCO4)cc2)c1O. The molecule has 9 nitrogen and oxygen atoms in total. The third kappa shape index (κ3) is 5.29. The molecule has 1 amide bonds. The number of methoxy groups -OCH3 is 1. The number of nitrogens with one attached hydrogen (secondary N) is 1. The number of nitrogens with two attached hydrogens (primary N) is 1. The van der Waals surface area contributed by atoms with Crippen LogP contribution in [0.4, 0.5) is 0 Å². The van der Waals surface area contributed by atoms with E-state index in [1.165, 1.54) is 5.56 Å². The van der Waals surface area contributed by atoms with Gasteiger partial charge in [0.1, 0.15) is 22.8 Å². The first-order valence-electron chi connectivity index (χ1n) is 11.2. The predicted molar refractivity (Wildman–Crippen MR) is 127 cm³/mol. The Hall–Kier alpha value is -4.27. The maximum absolute atomic E-state index is 12.6. The van der Waals surface area contributed by atoms with Crippen LogP contribution in [0.5, 0.6) is 17.2 Å². The lowest BCUT2D eigenvalue weighted by Crippen LogP contribution is -2.23. The second kappa shape index (κ2) is 10.3. The number of esters is 1. The Labute approximate surface area is 201 Å². The Morgan fingerprint density at radius 2 is 1.97 bits per heavy atom. The molecule has 0 unspecified atom stereocenters. The van der Waals surface area contributed by atoms with E-state index in [0.717, 1.165) is 44.1 Å². The number of carbonyl (C=O) groups is 2. The van der Waals surface area contributed by atoms with Gasteiger partial charge in [0.05, 0.1) is 25.9 Å². The molecule has 2 aromatic carbocycles. The van der Waals surface area contributed by atoms with Crippen molar-refractivity contribution in [2.75, 3.05) is 20.3 Å². The summed E-state index contributed by atoms with van der Waals surface area (Å²) in [7, 11) is 1.16. The number of pyridine rings is 1. The molecule has 0 bridgehead atoms. The summed E-state index contributed by atoms with van der Waals surface area (Å²) in [4.78, 5) is 38.7. The van der Waals surface area contributed by atoms with E-state index < -0.39 is 29.1 Å². The Kier molecular flexibility index (Phi) is 7.05. The number of H-pyrrole nitrogens is 1. The van der Waals surface area contributed by atoms with Gasteiger partial charge in [-0.05, 0) is 34.9 Å². The summed E-state index contributed by atoms with van der Waals surface area (Å²) in [5.41, 5.74) is 7.35. The number of rotatable bonds is 9. The van der Waals surface area contributed by atoms with Crippen LogP contribution in [-0.2, 0) is 22.4 Å². The van der Waals surface area contributed by atoms with Crippen molar-refractivity contribution in [3.05, 3.63) is 86.8 Å². The summed E-state index contributed by atoms with van der Waals surface area (Å²) in [5, 5.41) is 10.6. The smallest absolute Gasteiger partial charge is 0.343 e. The minimum absolute atomic E-state index is 0.138. The minimum Gasteiger partial charge on any atom is -0.506 e. The lowest BCUT2D eigenvalue weighted by Gasteiger charge is -2.18. The van der Waals surface area contributed by atoms with E-state index in [9.17, 15) is 19.5 Å². The van der Waals surface area contributed by atoms with Gasteiger partial charge in [-0.25, -0.2) is 4.79 Å². The van der Waals surface area contributed by atoms with Crippen LogP contribution in [0.2, 0.25) is 0 Å². The van der Waals surface area contributed by atoms with E-state index in [4.69, 9.17) is 15.2 Å². The van der Waals surface area contributed by atoms with Gasteiger partial charge in [0, 0.05) is 31.4 Å². The number of hydrogen-bond donors (Lipinski definition) is 3. The molecule has 4 N–H and O–H groups in total. The number of hydrogen-bond acceptors (Lipinski definition) is 7. The largest absolute Gasteiger partial charge is 0.506 e. The van der Waals surface area contributed by atoms with Crippen LogP contribution in [0.3, 0.4) is 0 Å². The summed E-state index contributed by atoms with van der Waals surface area (Å²) in [6.07, 6.45) is 2.46. The number of aromatic hydroxyl groups is 1. The zero-order valence-corrected chi connectivity index (χ0v) is 19.2.